The fraction of sp³-hybridized carbons (Fsp3) is 0.938. The van der Waals surface area contributed by atoms with Crippen LogP contribution in [0.4, 0.5) is 0 Å². The second-order valence-corrected chi connectivity index (χ2v) is 6.32. The van der Waals surface area contributed by atoms with Crippen molar-refractivity contribution in [3.05, 3.63) is 0 Å². The summed E-state index contributed by atoms with van der Waals surface area (Å²) in [5.74, 6) is 1.99. The quantitative estimate of drug-likeness (QED) is 0.768. The predicted octanol–water partition coefficient (Wildman–Crippen LogP) is 2.80. The molecule has 2 aliphatic rings. The molecule has 2 unspecified atom stereocenters. The SMILES string of the molecule is CCCC1CCC(=O)N(CC(NCC)C2CC2)CC1. The zero-order valence-corrected chi connectivity index (χ0v) is 12.7. The normalized spacial score (nSPS) is 26.3. The van der Waals surface area contributed by atoms with Crippen LogP contribution in [0.2, 0.25) is 0 Å². The van der Waals surface area contributed by atoms with Crippen LogP contribution in [0.3, 0.4) is 0 Å². The highest BCUT2D eigenvalue weighted by molar-refractivity contribution is 5.76. The minimum Gasteiger partial charge on any atom is -0.341 e. The minimum atomic E-state index is 0.391. The molecular formula is C16H30N2O. The second kappa shape index (κ2) is 7.28. The average molecular weight is 266 g/mol. The largest absolute Gasteiger partial charge is 0.341 e. The first-order valence-electron chi connectivity index (χ1n) is 8.25. The van der Waals surface area contributed by atoms with Gasteiger partial charge >= 0.3 is 0 Å². The van der Waals surface area contributed by atoms with Crippen LogP contribution in [0.25, 0.3) is 0 Å². The van der Waals surface area contributed by atoms with Crippen molar-refractivity contribution in [1.29, 1.82) is 0 Å². The molecule has 0 aromatic heterocycles. The third kappa shape index (κ3) is 4.48. The van der Waals surface area contributed by atoms with Crippen molar-refractivity contribution in [3.63, 3.8) is 0 Å². The van der Waals surface area contributed by atoms with Crippen molar-refractivity contribution in [2.24, 2.45) is 11.8 Å². The van der Waals surface area contributed by atoms with Crippen LogP contribution in [0, 0.1) is 11.8 Å². The topological polar surface area (TPSA) is 32.3 Å². The Kier molecular flexibility index (Phi) is 5.68. The maximum atomic E-state index is 12.2. The van der Waals surface area contributed by atoms with Gasteiger partial charge in [-0.05, 0) is 44.1 Å². The second-order valence-electron chi connectivity index (χ2n) is 6.32. The molecule has 2 rings (SSSR count). The molecule has 3 nitrogen and oxygen atoms in total. The van der Waals surface area contributed by atoms with Crippen LogP contribution in [-0.4, -0.2) is 36.5 Å². The lowest BCUT2D eigenvalue weighted by Gasteiger charge is -2.27. The van der Waals surface area contributed by atoms with E-state index >= 15 is 0 Å². The van der Waals surface area contributed by atoms with E-state index < -0.39 is 0 Å². The van der Waals surface area contributed by atoms with Gasteiger partial charge in [-0.1, -0.05) is 26.7 Å². The van der Waals surface area contributed by atoms with Crippen molar-refractivity contribution < 1.29 is 4.79 Å². The smallest absolute Gasteiger partial charge is 0.222 e. The summed E-state index contributed by atoms with van der Waals surface area (Å²) < 4.78 is 0. The minimum absolute atomic E-state index is 0.391. The summed E-state index contributed by atoms with van der Waals surface area (Å²) in [6.07, 6.45) is 8.33. The lowest BCUT2D eigenvalue weighted by atomic mass is 9.96. The molecule has 1 heterocycles. The van der Waals surface area contributed by atoms with Gasteiger partial charge in [-0.2, -0.15) is 0 Å². The molecule has 1 N–H and O–H groups in total. The molecule has 0 bridgehead atoms. The molecule has 2 atom stereocenters. The zero-order chi connectivity index (χ0) is 13.7. The van der Waals surface area contributed by atoms with Gasteiger partial charge in [0.15, 0.2) is 0 Å². The summed E-state index contributed by atoms with van der Waals surface area (Å²) in [5.41, 5.74) is 0. The molecule has 1 aliphatic heterocycles. The van der Waals surface area contributed by atoms with Gasteiger partial charge < -0.3 is 10.2 Å². The Morgan fingerprint density at radius 1 is 1.26 bits per heavy atom. The van der Waals surface area contributed by atoms with E-state index in [2.05, 4.69) is 24.1 Å². The number of hydrogen-bond acceptors (Lipinski definition) is 2. The fourth-order valence-corrected chi connectivity index (χ4v) is 3.36. The maximum Gasteiger partial charge on any atom is 0.222 e. The Hall–Kier alpha value is -0.570. The van der Waals surface area contributed by atoms with Crippen molar-refractivity contribution in [1.82, 2.24) is 10.2 Å². The molecule has 0 aromatic rings. The van der Waals surface area contributed by atoms with E-state index in [-0.39, 0.29) is 0 Å². The van der Waals surface area contributed by atoms with Crippen molar-refractivity contribution in [2.75, 3.05) is 19.6 Å². The predicted molar refractivity (Wildman–Crippen MR) is 79.0 cm³/mol. The monoisotopic (exact) mass is 266 g/mol. The fourth-order valence-electron chi connectivity index (χ4n) is 3.36. The third-order valence-electron chi connectivity index (χ3n) is 4.70. The van der Waals surface area contributed by atoms with Gasteiger partial charge in [0.05, 0.1) is 0 Å². The van der Waals surface area contributed by atoms with Crippen molar-refractivity contribution >= 4 is 5.91 Å². The molecule has 1 aliphatic carbocycles. The van der Waals surface area contributed by atoms with Gasteiger partial charge in [0.1, 0.15) is 0 Å². The molecule has 0 radical (unpaired) electrons. The van der Waals surface area contributed by atoms with Crippen LogP contribution in [0.5, 0.6) is 0 Å². The van der Waals surface area contributed by atoms with Gasteiger partial charge in [-0.3, -0.25) is 4.79 Å². The van der Waals surface area contributed by atoms with E-state index in [1.807, 2.05) is 0 Å². The Morgan fingerprint density at radius 2 is 2.05 bits per heavy atom. The number of likely N-dealkylation sites (tertiary alicyclic amines) is 1. The summed E-state index contributed by atoms with van der Waals surface area (Å²) in [6.45, 7) is 7.35. The first-order valence-corrected chi connectivity index (χ1v) is 8.25. The third-order valence-corrected chi connectivity index (χ3v) is 4.70. The van der Waals surface area contributed by atoms with Crippen LogP contribution in [-0.2, 0) is 4.79 Å². The molecule has 0 spiro atoms. The lowest BCUT2D eigenvalue weighted by molar-refractivity contribution is -0.131. The number of carbonyl (C=O) groups is 1. The summed E-state index contributed by atoms with van der Waals surface area (Å²) in [6, 6.07) is 0.539. The summed E-state index contributed by atoms with van der Waals surface area (Å²) in [4.78, 5) is 14.4. The number of nitrogens with zero attached hydrogens (tertiary/aromatic N) is 1. The molecule has 110 valence electrons. The van der Waals surface area contributed by atoms with Crippen LogP contribution < -0.4 is 5.32 Å². The molecule has 1 saturated heterocycles. The van der Waals surface area contributed by atoms with Crippen LogP contribution >= 0.6 is 0 Å². The summed E-state index contributed by atoms with van der Waals surface area (Å²) in [7, 11) is 0. The van der Waals surface area contributed by atoms with Gasteiger partial charge in [0, 0.05) is 25.6 Å². The van der Waals surface area contributed by atoms with Gasteiger partial charge in [0.2, 0.25) is 5.91 Å². The standard InChI is InChI=1S/C16H30N2O/c1-3-5-13-6-9-16(19)18(11-10-13)12-15(17-4-2)14-7-8-14/h13-15,17H,3-12H2,1-2H3. The number of rotatable bonds is 7. The van der Waals surface area contributed by atoms with Gasteiger partial charge in [-0.15, -0.1) is 0 Å². The highest BCUT2D eigenvalue weighted by Crippen LogP contribution is 2.33. The van der Waals surface area contributed by atoms with Gasteiger partial charge in [0.25, 0.3) is 0 Å². The number of amides is 1. The van der Waals surface area contributed by atoms with Crippen molar-refractivity contribution in [2.45, 2.75) is 64.8 Å². The molecule has 2 fully saturated rings. The Morgan fingerprint density at radius 3 is 2.68 bits per heavy atom. The van der Waals surface area contributed by atoms with E-state index in [1.165, 1.54) is 32.1 Å². The Bertz CT molecular complexity index is 288. The number of likely N-dealkylation sites (N-methyl/N-ethyl adjacent to an activating group) is 1. The van der Waals surface area contributed by atoms with E-state index in [9.17, 15) is 4.79 Å². The number of carbonyl (C=O) groups excluding carboxylic acids is 1. The van der Waals surface area contributed by atoms with Crippen LogP contribution in [0.1, 0.15) is 58.8 Å². The first kappa shape index (κ1) is 14.8. The Labute approximate surface area is 118 Å². The number of nitrogens with one attached hydrogen (secondary N) is 1. The lowest BCUT2D eigenvalue weighted by Crippen LogP contribution is -2.44. The molecule has 0 aromatic carbocycles. The van der Waals surface area contributed by atoms with E-state index in [1.54, 1.807) is 0 Å². The molecule has 19 heavy (non-hydrogen) atoms. The zero-order valence-electron chi connectivity index (χ0n) is 12.7. The first-order chi connectivity index (χ1) is 9.24. The highest BCUT2D eigenvalue weighted by Gasteiger charge is 2.33. The molecule has 3 heteroatoms. The average Bonchev–Trinajstić information content (AvgIpc) is 3.22. The van der Waals surface area contributed by atoms with E-state index in [0.717, 1.165) is 44.3 Å². The maximum absolute atomic E-state index is 12.2. The Balaban J connectivity index is 1.85. The van der Waals surface area contributed by atoms with Gasteiger partial charge in [-0.25, -0.2) is 0 Å². The van der Waals surface area contributed by atoms with E-state index in [4.69, 9.17) is 0 Å². The highest BCUT2D eigenvalue weighted by atomic mass is 16.2. The van der Waals surface area contributed by atoms with E-state index in [0.29, 0.717) is 11.9 Å². The molecular weight excluding hydrogens is 236 g/mol. The molecule has 1 amide bonds. The summed E-state index contributed by atoms with van der Waals surface area (Å²) in [5, 5.41) is 3.58. The summed E-state index contributed by atoms with van der Waals surface area (Å²) >= 11 is 0. The van der Waals surface area contributed by atoms with Crippen LogP contribution in [0.15, 0.2) is 0 Å². The van der Waals surface area contributed by atoms with Crippen molar-refractivity contribution in [3.8, 4) is 0 Å². The number of hydrogen-bond donors (Lipinski definition) is 1. The molecule has 1 saturated carbocycles.